The Kier molecular flexibility index (Phi) is 6.54. The van der Waals surface area contributed by atoms with Gasteiger partial charge in [0.2, 0.25) is 10.0 Å². The van der Waals surface area contributed by atoms with E-state index in [1.807, 2.05) is 31.4 Å². The van der Waals surface area contributed by atoms with Crippen LogP contribution in [-0.4, -0.2) is 54.8 Å². The van der Waals surface area contributed by atoms with E-state index in [1.165, 1.54) is 15.6 Å². The van der Waals surface area contributed by atoms with E-state index in [4.69, 9.17) is 0 Å². The summed E-state index contributed by atoms with van der Waals surface area (Å²) in [7, 11) is -3.56. The molecular formula is C21H30N4O3S2. The fourth-order valence-corrected chi connectivity index (χ4v) is 5.95. The molecule has 1 saturated heterocycles. The summed E-state index contributed by atoms with van der Waals surface area (Å²) in [6, 6.07) is 5.16. The number of aryl methyl sites for hydroxylation is 2. The normalized spacial score (nSPS) is 16.0. The monoisotopic (exact) mass is 450 g/mol. The number of benzene rings is 1. The van der Waals surface area contributed by atoms with Crippen molar-refractivity contribution in [2.24, 2.45) is 0 Å². The lowest BCUT2D eigenvalue weighted by molar-refractivity contribution is 0.172. The Morgan fingerprint density at radius 1 is 1.17 bits per heavy atom. The van der Waals surface area contributed by atoms with Gasteiger partial charge in [-0.3, -0.25) is 0 Å². The number of hydrogen-bond donors (Lipinski definition) is 1. The predicted octanol–water partition coefficient (Wildman–Crippen LogP) is 3.27. The van der Waals surface area contributed by atoms with E-state index in [0.717, 1.165) is 21.8 Å². The first kappa shape index (κ1) is 22.7. The van der Waals surface area contributed by atoms with Crippen LogP contribution in [0.25, 0.3) is 0 Å². The first-order chi connectivity index (χ1) is 14.0. The van der Waals surface area contributed by atoms with Crippen LogP contribution in [0.15, 0.2) is 28.5 Å². The van der Waals surface area contributed by atoms with Crippen LogP contribution in [0.1, 0.15) is 42.6 Å². The molecule has 9 heteroatoms. The van der Waals surface area contributed by atoms with Gasteiger partial charge >= 0.3 is 6.03 Å². The fourth-order valence-electron chi connectivity index (χ4n) is 3.36. The SMILES string of the molecule is Cc1ccc(S(=O)(=O)N2CCN(C(=O)NCc3nc(C(C)(C)C)cs3)CC2)c(C)c1. The highest BCUT2D eigenvalue weighted by atomic mass is 32.2. The number of amides is 2. The van der Waals surface area contributed by atoms with Gasteiger partial charge in [0.25, 0.3) is 0 Å². The zero-order valence-electron chi connectivity index (χ0n) is 18.2. The number of sulfonamides is 1. The number of hydrogen-bond acceptors (Lipinski definition) is 5. The molecule has 0 aliphatic carbocycles. The van der Waals surface area contributed by atoms with Gasteiger partial charge in [-0.1, -0.05) is 38.5 Å². The second-order valence-corrected chi connectivity index (χ2v) is 11.5. The molecule has 1 aliphatic heterocycles. The molecule has 1 N–H and O–H groups in total. The van der Waals surface area contributed by atoms with Crippen molar-refractivity contribution in [3.05, 3.63) is 45.4 Å². The van der Waals surface area contributed by atoms with Gasteiger partial charge < -0.3 is 10.2 Å². The minimum atomic E-state index is -3.56. The molecule has 2 aromatic rings. The summed E-state index contributed by atoms with van der Waals surface area (Å²) >= 11 is 1.54. The minimum absolute atomic E-state index is 0.0175. The van der Waals surface area contributed by atoms with Crippen molar-refractivity contribution in [1.29, 1.82) is 0 Å². The molecule has 0 atom stereocenters. The summed E-state index contributed by atoms with van der Waals surface area (Å²) in [6.07, 6.45) is 0. The van der Waals surface area contributed by atoms with Crippen LogP contribution < -0.4 is 5.32 Å². The van der Waals surface area contributed by atoms with E-state index >= 15 is 0 Å². The maximum Gasteiger partial charge on any atom is 0.317 e. The van der Waals surface area contributed by atoms with Gasteiger partial charge in [0, 0.05) is 37.0 Å². The molecule has 1 fully saturated rings. The summed E-state index contributed by atoms with van der Waals surface area (Å²) in [5, 5.41) is 5.79. The first-order valence-electron chi connectivity index (χ1n) is 10.0. The molecule has 2 heterocycles. The number of urea groups is 1. The van der Waals surface area contributed by atoms with E-state index in [-0.39, 0.29) is 24.5 Å². The Hall–Kier alpha value is -1.97. The molecule has 1 aromatic heterocycles. The van der Waals surface area contributed by atoms with E-state index < -0.39 is 10.0 Å². The smallest absolute Gasteiger partial charge is 0.317 e. The van der Waals surface area contributed by atoms with Crippen LogP contribution in [0.3, 0.4) is 0 Å². The van der Waals surface area contributed by atoms with Crippen LogP contribution >= 0.6 is 11.3 Å². The van der Waals surface area contributed by atoms with Crippen molar-refractivity contribution in [2.45, 2.75) is 51.5 Å². The van der Waals surface area contributed by atoms with Gasteiger partial charge in [0.05, 0.1) is 17.1 Å². The van der Waals surface area contributed by atoms with Crippen molar-refractivity contribution in [3.8, 4) is 0 Å². The van der Waals surface area contributed by atoms with E-state index in [1.54, 1.807) is 11.0 Å². The predicted molar refractivity (Wildman–Crippen MR) is 119 cm³/mol. The highest BCUT2D eigenvalue weighted by Gasteiger charge is 2.31. The third-order valence-corrected chi connectivity index (χ3v) is 8.09. The summed E-state index contributed by atoms with van der Waals surface area (Å²) in [4.78, 5) is 19.1. The molecule has 3 rings (SSSR count). The molecule has 30 heavy (non-hydrogen) atoms. The molecule has 0 bridgehead atoms. The molecule has 0 radical (unpaired) electrons. The number of piperazine rings is 1. The van der Waals surface area contributed by atoms with E-state index in [2.05, 4.69) is 31.1 Å². The molecule has 2 amide bonds. The average molecular weight is 451 g/mol. The Balaban J connectivity index is 1.56. The average Bonchev–Trinajstić information content (AvgIpc) is 3.15. The van der Waals surface area contributed by atoms with Crippen molar-refractivity contribution < 1.29 is 13.2 Å². The maximum atomic E-state index is 13.0. The minimum Gasteiger partial charge on any atom is -0.331 e. The lowest BCUT2D eigenvalue weighted by Gasteiger charge is -2.34. The van der Waals surface area contributed by atoms with Crippen molar-refractivity contribution in [2.75, 3.05) is 26.2 Å². The van der Waals surface area contributed by atoms with Crippen LogP contribution in [0.2, 0.25) is 0 Å². The van der Waals surface area contributed by atoms with Gasteiger partial charge in [-0.15, -0.1) is 11.3 Å². The number of rotatable bonds is 4. The van der Waals surface area contributed by atoms with Gasteiger partial charge in [-0.05, 0) is 25.5 Å². The largest absolute Gasteiger partial charge is 0.331 e. The Morgan fingerprint density at radius 2 is 1.83 bits per heavy atom. The number of nitrogens with zero attached hydrogens (tertiary/aromatic N) is 3. The molecular weight excluding hydrogens is 420 g/mol. The molecule has 1 aromatic carbocycles. The summed E-state index contributed by atoms with van der Waals surface area (Å²) in [5.74, 6) is 0. The lowest BCUT2D eigenvalue weighted by Crippen LogP contribution is -2.53. The van der Waals surface area contributed by atoms with E-state index in [9.17, 15) is 13.2 Å². The topological polar surface area (TPSA) is 82.6 Å². The molecule has 0 spiro atoms. The molecule has 0 unspecified atom stereocenters. The van der Waals surface area contributed by atoms with Crippen LogP contribution in [0.5, 0.6) is 0 Å². The van der Waals surface area contributed by atoms with E-state index in [0.29, 0.717) is 24.5 Å². The third kappa shape index (κ3) is 5.01. The zero-order valence-corrected chi connectivity index (χ0v) is 19.9. The maximum absolute atomic E-state index is 13.0. The van der Waals surface area contributed by atoms with Gasteiger partial charge in [-0.2, -0.15) is 4.31 Å². The molecule has 0 saturated carbocycles. The number of nitrogens with one attached hydrogen (secondary N) is 1. The molecule has 7 nitrogen and oxygen atoms in total. The fraction of sp³-hybridized carbons (Fsp3) is 0.524. The van der Waals surface area contributed by atoms with Crippen molar-refractivity contribution >= 4 is 27.4 Å². The summed E-state index contributed by atoms with van der Waals surface area (Å²) in [5.41, 5.74) is 2.77. The second-order valence-electron chi connectivity index (χ2n) is 8.70. The quantitative estimate of drug-likeness (QED) is 0.775. The third-order valence-electron chi connectivity index (χ3n) is 5.19. The van der Waals surface area contributed by atoms with Crippen molar-refractivity contribution in [3.63, 3.8) is 0 Å². The standard InChI is InChI=1S/C21H30N4O3S2/c1-15-6-7-17(16(2)12-15)30(27,28)25-10-8-24(9-11-25)20(26)22-13-19-23-18(14-29-19)21(3,4)5/h6-7,12,14H,8-11,13H2,1-5H3,(H,22,26). The van der Waals surface area contributed by atoms with Gasteiger partial charge in [-0.25, -0.2) is 18.2 Å². The second kappa shape index (κ2) is 8.64. The number of carbonyl (C=O) groups excluding carboxylic acids is 1. The zero-order chi connectivity index (χ0) is 22.1. The van der Waals surface area contributed by atoms with Crippen LogP contribution in [0, 0.1) is 13.8 Å². The Bertz CT molecular complexity index is 1020. The highest BCUT2D eigenvalue weighted by molar-refractivity contribution is 7.89. The summed E-state index contributed by atoms with van der Waals surface area (Å²) in [6.45, 7) is 11.7. The highest BCUT2D eigenvalue weighted by Crippen LogP contribution is 2.24. The first-order valence-corrected chi connectivity index (χ1v) is 12.4. The van der Waals surface area contributed by atoms with Gasteiger partial charge in [0.1, 0.15) is 5.01 Å². The lowest BCUT2D eigenvalue weighted by atomic mass is 9.93. The number of carbonyl (C=O) groups is 1. The van der Waals surface area contributed by atoms with Crippen molar-refractivity contribution in [1.82, 2.24) is 19.5 Å². The summed E-state index contributed by atoms with van der Waals surface area (Å²) < 4.78 is 27.4. The molecule has 164 valence electrons. The van der Waals surface area contributed by atoms with Crippen LogP contribution in [0.4, 0.5) is 4.79 Å². The Labute approximate surface area is 183 Å². The number of thiazole rings is 1. The van der Waals surface area contributed by atoms with Crippen LogP contribution in [-0.2, 0) is 22.0 Å². The Morgan fingerprint density at radius 3 is 2.40 bits per heavy atom. The molecule has 1 aliphatic rings. The van der Waals surface area contributed by atoms with Gasteiger partial charge in [0.15, 0.2) is 0 Å². The number of aromatic nitrogens is 1.